The van der Waals surface area contributed by atoms with Crippen LogP contribution in [0, 0.1) is 23.1 Å². The molecule has 0 spiro atoms. The van der Waals surface area contributed by atoms with Crippen molar-refractivity contribution in [3.63, 3.8) is 0 Å². The number of hydrogen-bond donors (Lipinski definition) is 0. The van der Waals surface area contributed by atoms with E-state index in [1.807, 2.05) is 18.2 Å². The number of aromatic nitrogens is 2. The van der Waals surface area contributed by atoms with Crippen molar-refractivity contribution >= 4 is 51.0 Å². The zero-order chi connectivity index (χ0) is 43.6. The summed E-state index contributed by atoms with van der Waals surface area (Å²) in [4.78, 5) is 72.6. The van der Waals surface area contributed by atoms with Gasteiger partial charge in [-0.05, 0) is 61.6 Å². The number of amides is 5. The largest absolute Gasteiger partial charge is 0.379 e. The highest BCUT2D eigenvalue weighted by atomic mass is 19.1. The van der Waals surface area contributed by atoms with E-state index in [1.54, 1.807) is 63.2 Å². The summed E-state index contributed by atoms with van der Waals surface area (Å²) in [7, 11) is 0. The minimum absolute atomic E-state index is 0.0473. The molecular formula is C47H46FN7O8. The van der Waals surface area contributed by atoms with E-state index in [2.05, 4.69) is 11.2 Å². The van der Waals surface area contributed by atoms with Gasteiger partial charge in [-0.2, -0.15) is 10.4 Å². The highest BCUT2D eigenvalue weighted by Crippen LogP contribution is 2.37. The summed E-state index contributed by atoms with van der Waals surface area (Å²) in [5, 5.41) is 16.6. The van der Waals surface area contributed by atoms with Crippen LogP contribution in [0.1, 0.15) is 52.9 Å². The number of nitriles is 1. The van der Waals surface area contributed by atoms with Crippen molar-refractivity contribution in [2.75, 3.05) is 64.1 Å². The smallest absolute Gasteiger partial charge is 0.332 e. The molecule has 324 valence electrons. The van der Waals surface area contributed by atoms with Gasteiger partial charge in [0.2, 0.25) is 5.91 Å². The van der Waals surface area contributed by atoms with Gasteiger partial charge >= 0.3 is 6.03 Å². The number of urea groups is 1. The van der Waals surface area contributed by atoms with E-state index < -0.39 is 29.9 Å². The van der Waals surface area contributed by atoms with Crippen LogP contribution < -0.4 is 10.5 Å². The standard InChI is InChI=1S/C47H46FN7O8/c48-38-14-10-30(26-37(38)44(57)52-20-18-51(19-21-52)43(56)31-11-12-31)27-39-34-7-2-4-9-36(34)45(58)54(50-39)29-62-25-24-61-22-5-23-63-41-16-17-53-42(41)46(59)55(47(53)60)40-15-13-32(28-49)33-6-1-3-8-35(33)40/h1-4,6-10,13-15,26,31,41-42H,5,11-12,16-25,27,29H2/t41?,42-/m1/s1. The molecule has 63 heavy (non-hydrogen) atoms. The molecule has 5 amide bonds. The molecule has 5 aromatic rings. The summed E-state index contributed by atoms with van der Waals surface area (Å²) < 4.78 is 34.0. The van der Waals surface area contributed by atoms with Gasteiger partial charge in [0.1, 0.15) is 18.6 Å². The number of halogens is 1. The highest BCUT2D eigenvalue weighted by molar-refractivity contribution is 6.25. The maximum atomic E-state index is 15.1. The molecule has 1 unspecified atom stereocenters. The number of fused-ring (bicyclic) bond motifs is 3. The summed E-state index contributed by atoms with van der Waals surface area (Å²) in [6, 6.07) is 23.1. The second-order valence-corrected chi connectivity index (χ2v) is 16.3. The lowest BCUT2D eigenvalue weighted by Gasteiger charge is -2.35. The van der Waals surface area contributed by atoms with E-state index in [0.717, 1.165) is 12.8 Å². The minimum Gasteiger partial charge on any atom is -0.379 e. The fraction of sp³-hybridized carbons (Fsp3) is 0.383. The molecule has 4 aromatic carbocycles. The van der Waals surface area contributed by atoms with Crippen LogP contribution in [0.5, 0.6) is 0 Å². The molecule has 4 fully saturated rings. The fourth-order valence-corrected chi connectivity index (χ4v) is 8.82. The first-order valence-electron chi connectivity index (χ1n) is 21.4. The zero-order valence-electron chi connectivity index (χ0n) is 34.6. The molecule has 16 heteroatoms. The first-order valence-corrected chi connectivity index (χ1v) is 21.4. The van der Waals surface area contributed by atoms with Crippen LogP contribution in [0.4, 0.5) is 14.9 Å². The Bertz CT molecular complexity index is 2710. The Kier molecular flexibility index (Phi) is 12.0. The van der Waals surface area contributed by atoms with E-state index in [9.17, 15) is 29.2 Å². The lowest BCUT2D eigenvalue weighted by molar-refractivity contribution is -0.134. The maximum Gasteiger partial charge on any atom is 0.332 e. The molecule has 3 saturated heterocycles. The Hall–Kier alpha value is -6.54. The average Bonchev–Trinajstić information content (AvgIpc) is 4.03. The molecule has 1 saturated carbocycles. The average molecular weight is 856 g/mol. The van der Waals surface area contributed by atoms with Crippen molar-refractivity contribution in [1.29, 1.82) is 5.26 Å². The summed E-state index contributed by atoms with van der Waals surface area (Å²) in [6.45, 7) is 2.90. The second kappa shape index (κ2) is 18.1. The number of nitrogens with zero attached hydrogens (tertiary/aromatic N) is 7. The van der Waals surface area contributed by atoms with Crippen LogP contribution >= 0.6 is 0 Å². The van der Waals surface area contributed by atoms with Crippen LogP contribution in [0.25, 0.3) is 21.5 Å². The molecule has 0 N–H and O–H groups in total. The number of piperazine rings is 1. The van der Waals surface area contributed by atoms with E-state index in [4.69, 9.17) is 14.2 Å². The van der Waals surface area contributed by atoms with Crippen molar-refractivity contribution in [3.05, 3.63) is 117 Å². The molecular weight excluding hydrogens is 810 g/mol. The number of benzene rings is 4. The van der Waals surface area contributed by atoms with Gasteiger partial charge in [0.15, 0.2) is 0 Å². The van der Waals surface area contributed by atoms with E-state index in [1.165, 1.54) is 21.7 Å². The Balaban J connectivity index is 0.748. The molecule has 2 atom stereocenters. The summed E-state index contributed by atoms with van der Waals surface area (Å²) in [5.41, 5.74) is 1.75. The number of imide groups is 1. The topological polar surface area (TPSA) is 168 Å². The van der Waals surface area contributed by atoms with Gasteiger partial charge in [0, 0.05) is 74.4 Å². The Morgan fingerprint density at radius 3 is 2.25 bits per heavy atom. The van der Waals surface area contributed by atoms with Crippen molar-refractivity contribution < 1.29 is 37.8 Å². The Morgan fingerprint density at radius 1 is 0.778 bits per heavy atom. The molecule has 3 aliphatic heterocycles. The van der Waals surface area contributed by atoms with Gasteiger partial charge in [-0.3, -0.25) is 19.2 Å². The SMILES string of the molecule is N#Cc1ccc(N2C(=O)[C@H]3C(OCCCOCCOCn4nc(Cc5ccc(F)c(C(=O)N6CCN(C(=O)C7CC7)CC6)c5)c5ccccc5c4=O)CCN3C2=O)c2ccccc12. The molecule has 9 rings (SSSR count). The quantitative estimate of drug-likeness (QED) is 0.105. The summed E-state index contributed by atoms with van der Waals surface area (Å²) in [5.74, 6) is -1.16. The predicted octanol–water partition coefficient (Wildman–Crippen LogP) is 4.85. The maximum absolute atomic E-state index is 15.1. The summed E-state index contributed by atoms with van der Waals surface area (Å²) in [6.07, 6.45) is 2.69. The number of carbonyl (C=O) groups excluding carboxylic acids is 4. The van der Waals surface area contributed by atoms with Gasteiger partial charge in [-0.25, -0.2) is 18.8 Å². The normalized spacial score (nSPS) is 18.7. The van der Waals surface area contributed by atoms with Gasteiger partial charge in [0.05, 0.1) is 53.3 Å². The Morgan fingerprint density at radius 2 is 1.49 bits per heavy atom. The van der Waals surface area contributed by atoms with Gasteiger partial charge in [-0.15, -0.1) is 0 Å². The van der Waals surface area contributed by atoms with Crippen molar-refractivity contribution in [1.82, 2.24) is 24.5 Å². The van der Waals surface area contributed by atoms with Crippen LogP contribution in [-0.2, 0) is 37.0 Å². The molecule has 1 aliphatic carbocycles. The third-order valence-corrected chi connectivity index (χ3v) is 12.2. The van der Waals surface area contributed by atoms with E-state index in [-0.39, 0.29) is 55.2 Å². The minimum atomic E-state index is -0.728. The van der Waals surface area contributed by atoms with Crippen LogP contribution in [0.3, 0.4) is 0 Å². The van der Waals surface area contributed by atoms with Crippen LogP contribution in [-0.4, -0.2) is 120 Å². The molecule has 15 nitrogen and oxygen atoms in total. The van der Waals surface area contributed by atoms with E-state index in [0.29, 0.717) is 103 Å². The van der Waals surface area contributed by atoms with E-state index >= 15 is 4.39 Å². The number of anilines is 1. The van der Waals surface area contributed by atoms with Crippen molar-refractivity contribution in [3.8, 4) is 6.07 Å². The first kappa shape index (κ1) is 41.8. The van der Waals surface area contributed by atoms with Gasteiger partial charge < -0.3 is 28.9 Å². The van der Waals surface area contributed by atoms with Gasteiger partial charge in [0.25, 0.3) is 17.4 Å². The number of hydrogen-bond acceptors (Lipinski definition) is 10. The Labute approximate surface area is 362 Å². The second-order valence-electron chi connectivity index (χ2n) is 16.3. The molecule has 0 radical (unpaired) electrons. The number of carbonyl (C=O) groups is 4. The first-order chi connectivity index (χ1) is 30.7. The predicted molar refractivity (Wildman–Crippen MR) is 228 cm³/mol. The van der Waals surface area contributed by atoms with Crippen LogP contribution in [0.15, 0.2) is 83.7 Å². The number of ether oxygens (including phenoxy) is 3. The van der Waals surface area contributed by atoms with Gasteiger partial charge in [-0.1, -0.05) is 48.5 Å². The van der Waals surface area contributed by atoms with Crippen LogP contribution in [0.2, 0.25) is 0 Å². The molecule has 1 aromatic heterocycles. The third kappa shape index (κ3) is 8.39. The lowest BCUT2D eigenvalue weighted by Crippen LogP contribution is -2.51. The fourth-order valence-electron chi connectivity index (χ4n) is 8.82. The third-order valence-electron chi connectivity index (χ3n) is 12.2. The summed E-state index contributed by atoms with van der Waals surface area (Å²) >= 11 is 0. The zero-order valence-corrected chi connectivity index (χ0v) is 34.6. The molecule has 0 bridgehead atoms. The lowest BCUT2D eigenvalue weighted by atomic mass is 10.0. The van der Waals surface area contributed by atoms with Crippen molar-refractivity contribution in [2.45, 2.75) is 51.0 Å². The highest BCUT2D eigenvalue weighted by Gasteiger charge is 2.53. The number of rotatable bonds is 15. The monoisotopic (exact) mass is 855 g/mol. The molecule has 4 heterocycles. The molecule has 4 aliphatic rings. The van der Waals surface area contributed by atoms with Crippen molar-refractivity contribution in [2.24, 2.45) is 5.92 Å².